The molecular formula is C14H24N4. The molecule has 2 N–H and O–H groups in total. The Morgan fingerprint density at radius 1 is 1.11 bits per heavy atom. The molecule has 1 aliphatic rings. The fourth-order valence-corrected chi connectivity index (χ4v) is 2.22. The van der Waals surface area contributed by atoms with Crippen LogP contribution in [0.2, 0.25) is 0 Å². The van der Waals surface area contributed by atoms with E-state index in [-0.39, 0.29) is 0 Å². The largest absolute Gasteiger partial charge is 0.369 e. The Kier molecular flexibility index (Phi) is 4.58. The van der Waals surface area contributed by atoms with E-state index in [4.69, 9.17) is 5.84 Å². The zero-order chi connectivity index (χ0) is 13.0. The third-order valence-electron chi connectivity index (χ3n) is 3.61. The van der Waals surface area contributed by atoms with E-state index in [9.17, 15) is 0 Å². The first-order valence-corrected chi connectivity index (χ1v) is 6.71. The second kappa shape index (κ2) is 6.18. The van der Waals surface area contributed by atoms with Crippen molar-refractivity contribution in [3.8, 4) is 0 Å². The number of hydrogen-bond acceptors (Lipinski definition) is 4. The van der Waals surface area contributed by atoms with Crippen molar-refractivity contribution < 1.29 is 0 Å². The van der Waals surface area contributed by atoms with E-state index >= 15 is 0 Å². The number of piperazine rings is 1. The number of nitrogens with two attached hydrogens (primary N) is 1. The summed E-state index contributed by atoms with van der Waals surface area (Å²) in [6.45, 7) is 8.21. The van der Waals surface area contributed by atoms with Gasteiger partial charge in [-0.15, -0.1) is 0 Å². The number of hydrazine groups is 1. The van der Waals surface area contributed by atoms with Gasteiger partial charge in [0.1, 0.15) is 0 Å². The maximum atomic E-state index is 5.77. The molecule has 0 amide bonds. The highest BCUT2D eigenvalue weighted by Gasteiger charge is 2.14. The second-order valence-electron chi connectivity index (χ2n) is 5.02. The number of benzene rings is 1. The molecule has 1 aliphatic heterocycles. The van der Waals surface area contributed by atoms with E-state index in [1.807, 2.05) is 5.01 Å². The lowest BCUT2D eigenvalue weighted by Crippen LogP contribution is -2.49. The number of nitrogens with zero attached hydrogens (tertiary/aromatic N) is 3. The third-order valence-corrected chi connectivity index (χ3v) is 3.61. The highest BCUT2D eigenvalue weighted by Crippen LogP contribution is 2.17. The summed E-state index contributed by atoms with van der Waals surface area (Å²) in [5, 5.41) is 1.89. The molecular weight excluding hydrogens is 224 g/mol. The molecule has 0 aromatic heterocycles. The summed E-state index contributed by atoms with van der Waals surface area (Å²) in [7, 11) is 2.15. The Morgan fingerprint density at radius 3 is 2.28 bits per heavy atom. The van der Waals surface area contributed by atoms with Gasteiger partial charge in [-0.25, -0.2) is 5.01 Å². The van der Waals surface area contributed by atoms with Gasteiger partial charge < -0.3 is 9.80 Å². The van der Waals surface area contributed by atoms with Crippen molar-refractivity contribution in [1.29, 1.82) is 0 Å². The molecule has 1 saturated heterocycles. The fourth-order valence-electron chi connectivity index (χ4n) is 2.22. The van der Waals surface area contributed by atoms with E-state index < -0.39 is 0 Å². The summed E-state index contributed by atoms with van der Waals surface area (Å²) in [5.41, 5.74) is 2.69. The van der Waals surface area contributed by atoms with Gasteiger partial charge in [-0.2, -0.15) is 0 Å². The molecule has 18 heavy (non-hydrogen) atoms. The second-order valence-corrected chi connectivity index (χ2v) is 5.02. The van der Waals surface area contributed by atoms with Crippen LogP contribution in [-0.4, -0.2) is 49.7 Å². The van der Waals surface area contributed by atoms with Crippen LogP contribution >= 0.6 is 0 Å². The van der Waals surface area contributed by atoms with Crippen molar-refractivity contribution in [2.75, 3.05) is 44.7 Å². The maximum absolute atomic E-state index is 5.77. The highest BCUT2D eigenvalue weighted by atomic mass is 15.4. The smallest absolute Gasteiger partial charge is 0.0367 e. The van der Waals surface area contributed by atoms with Crippen LogP contribution in [0.1, 0.15) is 12.5 Å². The first-order chi connectivity index (χ1) is 8.69. The molecule has 0 atom stereocenters. The zero-order valence-corrected chi connectivity index (χ0v) is 11.5. The molecule has 4 heteroatoms. The van der Waals surface area contributed by atoms with E-state index in [1.54, 1.807) is 0 Å². The minimum Gasteiger partial charge on any atom is -0.369 e. The topological polar surface area (TPSA) is 35.7 Å². The van der Waals surface area contributed by atoms with Gasteiger partial charge in [-0.1, -0.05) is 19.1 Å². The minimum absolute atomic E-state index is 0.945. The molecule has 0 spiro atoms. The summed E-state index contributed by atoms with van der Waals surface area (Å²) in [6.07, 6.45) is 0. The van der Waals surface area contributed by atoms with Crippen molar-refractivity contribution in [3.63, 3.8) is 0 Å². The summed E-state index contributed by atoms with van der Waals surface area (Å²) in [5.74, 6) is 5.77. The lowest BCUT2D eigenvalue weighted by molar-refractivity contribution is 0.266. The SMILES string of the molecule is CCN(C)Cc1ccc(N2CCN(N)CC2)cc1. The first-order valence-electron chi connectivity index (χ1n) is 6.71. The average Bonchev–Trinajstić information content (AvgIpc) is 2.40. The van der Waals surface area contributed by atoms with Gasteiger partial charge in [-0.3, -0.25) is 5.84 Å². The Morgan fingerprint density at radius 2 is 1.72 bits per heavy atom. The molecule has 0 saturated carbocycles. The van der Waals surface area contributed by atoms with Gasteiger partial charge in [0.15, 0.2) is 0 Å². The van der Waals surface area contributed by atoms with Crippen LogP contribution in [0.5, 0.6) is 0 Å². The van der Waals surface area contributed by atoms with Crippen LogP contribution in [0.25, 0.3) is 0 Å². The predicted molar refractivity (Wildman–Crippen MR) is 76.4 cm³/mol. The first kappa shape index (κ1) is 13.3. The van der Waals surface area contributed by atoms with Gasteiger partial charge >= 0.3 is 0 Å². The van der Waals surface area contributed by atoms with Gasteiger partial charge in [-0.05, 0) is 31.3 Å². The van der Waals surface area contributed by atoms with Crippen molar-refractivity contribution >= 4 is 5.69 Å². The lowest BCUT2D eigenvalue weighted by Gasteiger charge is -2.33. The van der Waals surface area contributed by atoms with Crippen LogP contribution in [-0.2, 0) is 6.54 Å². The number of hydrogen-bond donors (Lipinski definition) is 1. The molecule has 1 heterocycles. The average molecular weight is 248 g/mol. The van der Waals surface area contributed by atoms with Gasteiger partial charge in [0.2, 0.25) is 0 Å². The third kappa shape index (κ3) is 3.45. The summed E-state index contributed by atoms with van der Waals surface area (Å²) in [6, 6.07) is 8.92. The van der Waals surface area contributed by atoms with E-state index in [1.165, 1.54) is 11.3 Å². The van der Waals surface area contributed by atoms with Gasteiger partial charge in [0.05, 0.1) is 0 Å². The monoisotopic (exact) mass is 248 g/mol. The van der Waals surface area contributed by atoms with Crippen LogP contribution in [0.3, 0.4) is 0 Å². The Bertz CT molecular complexity index is 355. The molecule has 1 aromatic carbocycles. The molecule has 0 bridgehead atoms. The van der Waals surface area contributed by atoms with Gasteiger partial charge in [0, 0.05) is 38.4 Å². The highest BCUT2D eigenvalue weighted by molar-refractivity contribution is 5.48. The van der Waals surface area contributed by atoms with Crippen LogP contribution in [0, 0.1) is 0 Å². The van der Waals surface area contributed by atoms with Crippen molar-refractivity contribution in [2.45, 2.75) is 13.5 Å². The van der Waals surface area contributed by atoms with Crippen LogP contribution < -0.4 is 10.7 Å². The normalized spacial score (nSPS) is 17.4. The van der Waals surface area contributed by atoms with Crippen LogP contribution in [0.4, 0.5) is 5.69 Å². The Balaban J connectivity index is 1.95. The zero-order valence-electron chi connectivity index (χ0n) is 11.5. The molecule has 0 radical (unpaired) electrons. The molecule has 0 aliphatic carbocycles. The van der Waals surface area contributed by atoms with Crippen molar-refractivity contribution in [1.82, 2.24) is 9.91 Å². The van der Waals surface area contributed by atoms with E-state index in [0.29, 0.717) is 0 Å². The molecule has 1 aromatic rings. The predicted octanol–water partition coefficient (Wildman–Crippen LogP) is 1.13. The van der Waals surface area contributed by atoms with E-state index in [2.05, 4.69) is 48.0 Å². The van der Waals surface area contributed by atoms with Gasteiger partial charge in [0.25, 0.3) is 0 Å². The Labute approximate surface area is 110 Å². The summed E-state index contributed by atoms with van der Waals surface area (Å²) in [4.78, 5) is 4.71. The van der Waals surface area contributed by atoms with Crippen molar-refractivity contribution in [2.24, 2.45) is 5.84 Å². The maximum Gasteiger partial charge on any atom is 0.0367 e. The molecule has 0 unspecified atom stereocenters. The summed E-state index contributed by atoms with van der Waals surface area (Å²) >= 11 is 0. The minimum atomic E-state index is 0.945. The quantitative estimate of drug-likeness (QED) is 0.811. The molecule has 2 rings (SSSR count). The molecule has 100 valence electrons. The van der Waals surface area contributed by atoms with Crippen LogP contribution in [0.15, 0.2) is 24.3 Å². The molecule has 1 fully saturated rings. The van der Waals surface area contributed by atoms with Crippen molar-refractivity contribution in [3.05, 3.63) is 29.8 Å². The number of anilines is 1. The Hall–Kier alpha value is -1.10. The molecule has 4 nitrogen and oxygen atoms in total. The lowest BCUT2D eigenvalue weighted by atomic mass is 10.1. The number of rotatable bonds is 4. The standard InChI is InChI=1S/C14H24N4/c1-3-16(2)12-13-4-6-14(7-5-13)17-8-10-18(15)11-9-17/h4-7H,3,8-12,15H2,1-2H3. The van der Waals surface area contributed by atoms with E-state index in [0.717, 1.165) is 39.3 Å². The summed E-state index contributed by atoms with van der Waals surface area (Å²) < 4.78 is 0. The fraction of sp³-hybridized carbons (Fsp3) is 0.571.